The lowest BCUT2D eigenvalue weighted by Gasteiger charge is -2.25. The van der Waals surface area contributed by atoms with Gasteiger partial charge in [-0.1, -0.05) is 0 Å². The Kier molecular flexibility index (Phi) is 4.58. The number of nitro groups is 1. The molecule has 8 nitrogen and oxygen atoms in total. The van der Waals surface area contributed by atoms with Gasteiger partial charge in [0.05, 0.1) is 29.2 Å². The molecule has 2 rings (SSSR count). The highest BCUT2D eigenvalue weighted by Gasteiger charge is 2.17. The van der Waals surface area contributed by atoms with E-state index in [1.54, 1.807) is 0 Å². The predicted octanol–water partition coefficient (Wildman–Crippen LogP) is 2.08. The van der Waals surface area contributed by atoms with Crippen molar-refractivity contribution in [3.05, 3.63) is 38.9 Å². The summed E-state index contributed by atoms with van der Waals surface area (Å²) < 4.78 is 6.50. The number of hydrogen-bond donors (Lipinski definition) is 0. The molecule has 0 radical (unpaired) electrons. The third-order valence-corrected chi connectivity index (χ3v) is 3.43. The minimum Gasteiger partial charge on any atom is -0.407 e. The lowest BCUT2D eigenvalue weighted by atomic mass is 10.3. The van der Waals surface area contributed by atoms with E-state index in [9.17, 15) is 14.9 Å². The van der Waals surface area contributed by atoms with Gasteiger partial charge in [-0.3, -0.25) is 19.6 Å². The molecule has 0 saturated heterocycles. The number of oxazole rings is 1. The Morgan fingerprint density at radius 1 is 1.50 bits per heavy atom. The molecule has 116 valence electrons. The Bertz CT molecular complexity index is 784. The standard InChI is InChI=1S/C14H16N4O4/c1-10(2)16(7-3-6-15)9-17-12-5-4-11(18(20)21)8-13(12)22-14(17)19/h4-5,8,10H,3,7,9H2,1-2H3. The molecule has 0 unspecified atom stereocenters. The molecule has 8 heteroatoms. The van der Waals surface area contributed by atoms with E-state index in [1.165, 1.54) is 22.8 Å². The number of aromatic nitrogens is 1. The molecular formula is C14H16N4O4. The lowest BCUT2D eigenvalue weighted by Crippen LogP contribution is -2.36. The monoisotopic (exact) mass is 304 g/mol. The van der Waals surface area contributed by atoms with E-state index >= 15 is 0 Å². The summed E-state index contributed by atoms with van der Waals surface area (Å²) >= 11 is 0. The first-order valence-corrected chi connectivity index (χ1v) is 6.83. The highest BCUT2D eigenvalue weighted by Crippen LogP contribution is 2.20. The van der Waals surface area contributed by atoms with Gasteiger partial charge in [-0.2, -0.15) is 5.26 Å². The second-order valence-corrected chi connectivity index (χ2v) is 5.16. The van der Waals surface area contributed by atoms with Crippen LogP contribution >= 0.6 is 0 Å². The number of fused-ring (bicyclic) bond motifs is 1. The SMILES string of the molecule is CC(C)N(CCC#N)Cn1c(=O)oc2cc([N+](=O)[O-])ccc21. The van der Waals surface area contributed by atoms with Gasteiger partial charge in [0.2, 0.25) is 0 Å². The fourth-order valence-electron chi connectivity index (χ4n) is 2.17. The van der Waals surface area contributed by atoms with Crippen LogP contribution in [0.4, 0.5) is 5.69 Å². The molecule has 0 aliphatic carbocycles. The van der Waals surface area contributed by atoms with Gasteiger partial charge in [-0.15, -0.1) is 0 Å². The summed E-state index contributed by atoms with van der Waals surface area (Å²) in [6, 6.07) is 6.29. The van der Waals surface area contributed by atoms with Crippen LogP contribution in [0.15, 0.2) is 27.4 Å². The van der Waals surface area contributed by atoms with Gasteiger partial charge in [0.25, 0.3) is 5.69 Å². The summed E-state index contributed by atoms with van der Waals surface area (Å²) in [5, 5.41) is 19.5. The molecule has 0 aliphatic heterocycles. The second kappa shape index (κ2) is 6.41. The van der Waals surface area contributed by atoms with E-state index in [1.807, 2.05) is 18.7 Å². The highest BCUT2D eigenvalue weighted by atomic mass is 16.6. The Labute approximate surface area is 126 Å². The first-order valence-electron chi connectivity index (χ1n) is 6.83. The zero-order valence-electron chi connectivity index (χ0n) is 12.4. The van der Waals surface area contributed by atoms with Gasteiger partial charge in [-0.25, -0.2) is 4.79 Å². The first-order chi connectivity index (χ1) is 10.4. The summed E-state index contributed by atoms with van der Waals surface area (Å²) in [6.45, 7) is 4.73. The summed E-state index contributed by atoms with van der Waals surface area (Å²) in [5.41, 5.74) is 0.556. The van der Waals surface area contributed by atoms with Crippen LogP contribution in [0.5, 0.6) is 0 Å². The third-order valence-electron chi connectivity index (χ3n) is 3.43. The third kappa shape index (κ3) is 3.15. The minimum absolute atomic E-state index is 0.126. The highest BCUT2D eigenvalue weighted by molar-refractivity contribution is 5.75. The molecule has 0 aliphatic rings. The second-order valence-electron chi connectivity index (χ2n) is 5.16. The maximum absolute atomic E-state index is 12.0. The quantitative estimate of drug-likeness (QED) is 0.597. The summed E-state index contributed by atoms with van der Waals surface area (Å²) in [4.78, 5) is 24.2. The van der Waals surface area contributed by atoms with Crippen LogP contribution in [0.3, 0.4) is 0 Å². The van der Waals surface area contributed by atoms with E-state index in [0.717, 1.165) is 0 Å². The summed E-state index contributed by atoms with van der Waals surface area (Å²) in [5.74, 6) is -0.571. The van der Waals surface area contributed by atoms with E-state index in [4.69, 9.17) is 9.68 Å². The van der Waals surface area contributed by atoms with E-state index < -0.39 is 10.7 Å². The fourth-order valence-corrected chi connectivity index (χ4v) is 2.17. The van der Waals surface area contributed by atoms with Crippen LogP contribution in [0.2, 0.25) is 0 Å². The topological polar surface area (TPSA) is 105 Å². The predicted molar refractivity (Wildman–Crippen MR) is 79.2 cm³/mol. The van der Waals surface area contributed by atoms with Gasteiger partial charge in [0, 0.05) is 25.1 Å². The molecule has 0 bridgehead atoms. The van der Waals surface area contributed by atoms with Gasteiger partial charge >= 0.3 is 5.76 Å². The molecule has 0 N–H and O–H groups in total. The number of nitro benzene ring substituents is 1. The zero-order valence-corrected chi connectivity index (χ0v) is 12.4. The molecule has 1 aromatic carbocycles. The maximum Gasteiger partial charge on any atom is 0.421 e. The molecule has 0 atom stereocenters. The van der Waals surface area contributed by atoms with Crippen LogP contribution in [0, 0.1) is 21.4 Å². The zero-order chi connectivity index (χ0) is 16.3. The normalized spacial score (nSPS) is 11.2. The molecule has 22 heavy (non-hydrogen) atoms. The molecule has 0 fully saturated rings. The van der Waals surface area contributed by atoms with Crippen LogP contribution in [-0.4, -0.2) is 27.0 Å². The average molecular weight is 304 g/mol. The van der Waals surface area contributed by atoms with Gasteiger partial charge in [-0.05, 0) is 19.9 Å². The maximum atomic E-state index is 12.0. The smallest absolute Gasteiger partial charge is 0.407 e. The number of nitrogens with zero attached hydrogens (tertiary/aromatic N) is 4. The number of hydrogen-bond acceptors (Lipinski definition) is 6. The Hall–Kier alpha value is -2.66. The van der Waals surface area contributed by atoms with E-state index in [2.05, 4.69) is 6.07 Å². The number of benzene rings is 1. The van der Waals surface area contributed by atoms with Gasteiger partial charge in [0.15, 0.2) is 5.58 Å². The van der Waals surface area contributed by atoms with Crippen LogP contribution in [0.1, 0.15) is 20.3 Å². The lowest BCUT2D eigenvalue weighted by molar-refractivity contribution is -0.384. The Balaban J connectivity index is 2.38. The van der Waals surface area contributed by atoms with Crippen LogP contribution in [0.25, 0.3) is 11.1 Å². The molecule has 1 heterocycles. The summed E-state index contributed by atoms with van der Waals surface area (Å²) in [7, 11) is 0. The van der Waals surface area contributed by atoms with Crippen molar-refractivity contribution in [1.29, 1.82) is 5.26 Å². The molecule has 1 aromatic heterocycles. The molecule has 0 saturated carbocycles. The molecular weight excluding hydrogens is 288 g/mol. The van der Waals surface area contributed by atoms with Gasteiger partial charge in [0.1, 0.15) is 0 Å². The molecule has 2 aromatic rings. The summed E-state index contributed by atoms with van der Waals surface area (Å²) in [6.07, 6.45) is 0.355. The van der Waals surface area contributed by atoms with Crippen molar-refractivity contribution in [2.24, 2.45) is 0 Å². The molecule has 0 spiro atoms. The average Bonchev–Trinajstić information content (AvgIpc) is 2.77. The van der Waals surface area contributed by atoms with E-state index in [0.29, 0.717) is 18.5 Å². The fraction of sp³-hybridized carbons (Fsp3) is 0.429. The van der Waals surface area contributed by atoms with Crippen molar-refractivity contribution in [3.8, 4) is 6.07 Å². The first kappa shape index (κ1) is 15.7. The number of non-ortho nitro benzene ring substituents is 1. The van der Waals surface area contributed by atoms with Crippen molar-refractivity contribution in [2.45, 2.75) is 33.0 Å². The van der Waals surface area contributed by atoms with E-state index in [-0.39, 0.29) is 24.0 Å². The van der Waals surface area contributed by atoms with Crippen LogP contribution in [-0.2, 0) is 6.67 Å². The van der Waals surface area contributed by atoms with Crippen molar-refractivity contribution in [1.82, 2.24) is 9.47 Å². The van der Waals surface area contributed by atoms with Crippen molar-refractivity contribution in [2.75, 3.05) is 6.54 Å². The largest absolute Gasteiger partial charge is 0.421 e. The molecule has 0 amide bonds. The van der Waals surface area contributed by atoms with Crippen molar-refractivity contribution < 1.29 is 9.34 Å². The van der Waals surface area contributed by atoms with Crippen molar-refractivity contribution in [3.63, 3.8) is 0 Å². The Morgan fingerprint density at radius 3 is 2.82 bits per heavy atom. The van der Waals surface area contributed by atoms with Crippen LogP contribution < -0.4 is 5.76 Å². The number of nitriles is 1. The van der Waals surface area contributed by atoms with Gasteiger partial charge < -0.3 is 4.42 Å². The number of rotatable bonds is 6. The minimum atomic E-state index is -0.571. The Morgan fingerprint density at radius 2 is 2.23 bits per heavy atom. The van der Waals surface area contributed by atoms with Crippen molar-refractivity contribution >= 4 is 16.8 Å².